The van der Waals surface area contributed by atoms with Crippen molar-refractivity contribution in [2.45, 2.75) is 20.5 Å². The van der Waals surface area contributed by atoms with Crippen molar-refractivity contribution in [1.29, 1.82) is 0 Å². The Balaban J connectivity index is 1.65. The van der Waals surface area contributed by atoms with Gasteiger partial charge in [-0.15, -0.1) is 11.3 Å². The average Bonchev–Trinajstić information content (AvgIpc) is 3.01. The van der Waals surface area contributed by atoms with Crippen molar-refractivity contribution < 1.29 is 9.53 Å². The van der Waals surface area contributed by atoms with Gasteiger partial charge in [0.2, 0.25) is 0 Å². The fourth-order valence-electron chi connectivity index (χ4n) is 2.20. The molecular formula is C19H18N2O2S. The third-order valence-corrected chi connectivity index (χ3v) is 4.28. The van der Waals surface area contributed by atoms with Crippen LogP contribution in [0.2, 0.25) is 0 Å². The minimum atomic E-state index is -0.159. The van der Waals surface area contributed by atoms with Crippen LogP contribution < -0.4 is 10.1 Å². The summed E-state index contributed by atoms with van der Waals surface area (Å²) in [5.41, 5.74) is 3.38. The molecule has 0 fully saturated rings. The molecule has 0 bridgehead atoms. The van der Waals surface area contributed by atoms with Crippen LogP contribution in [0.25, 0.3) is 0 Å². The second kappa shape index (κ2) is 7.27. The maximum Gasteiger partial charge on any atom is 0.255 e. The van der Waals surface area contributed by atoms with Crippen molar-refractivity contribution in [1.82, 2.24) is 4.98 Å². The van der Waals surface area contributed by atoms with Crippen molar-refractivity contribution in [3.05, 3.63) is 75.7 Å². The van der Waals surface area contributed by atoms with E-state index < -0.39 is 0 Å². The standard InChI is InChI=1S/C19H18N2O2S/c1-13-6-8-16(9-7-13)21-19(22)15-4-3-5-18(10-15)23-11-17-12-24-14(2)20-17/h3-10,12H,11H2,1-2H3,(H,21,22). The highest BCUT2D eigenvalue weighted by molar-refractivity contribution is 7.09. The van der Waals surface area contributed by atoms with Gasteiger partial charge in [0.05, 0.1) is 10.7 Å². The Morgan fingerprint density at radius 2 is 1.96 bits per heavy atom. The van der Waals surface area contributed by atoms with Gasteiger partial charge in [0.25, 0.3) is 5.91 Å². The number of ether oxygens (including phenoxy) is 1. The van der Waals surface area contributed by atoms with Crippen LogP contribution >= 0.6 is 11.3 Å². The van der Waals surface area contributed by atoms with Gasteiger partial charge in [0.1, 0.15) is 12.4 Å². The van der Waals surface area contributed by atoms with Crippen LogP contribution in [0.15, 0.2) is 53.9 Å². The number of anilines is 1. The number of amides is 1. The first-order valence-corrected chi connectivity index (χ1v) is 8.50. The highest BCUT2D eigenvalue weighted by atomic mass is 32.1. The van der Waals surface area contributed by atoms with E-state index in [0.717, 1.165) is 22.0 Å². The van der Waals surface area contributed by atoms with E-state index in [1.807, 2.05) is 55.6 Å². The molecule has 1 heterocycles. The summed E-state index contributed by atoms with van der Waals surface area (Å²) in [6, 6.07) is 14.9. The summed E-state index contributed by atoms with van der Waals surface area (Å²) >= 11 is 1.59. The maximum absolute atomic E-state index is 12.4. The molecule has 0 aliphatic rings. The summed E-state index contributed by atoms with van der Waals surface area (Å²) in [5, 5.41) is 5.87. The summed E-state index contributed by atoms with van der Waals surface area (Å²) in [6.07, 6.45) is 0. The first-order chi connectivity index (χ1) is 11.6. The number of nitrogens with zero attached hydrogens (tertiary/aromatic N) is 1. The smallest absolute Gasteiger partial charge is 0.255 e. The van der Waals surface area contributed by atoms with E-state index >= 15 is 0 Å². The van der Waals surface area contributed by atoms with Crippen LogP contribution in [0, 0.1) is 13.8 Å². The van der Waals surface area contributed by atoms with E-state index in [0.29, 0.717) is 17.9 Å². The Kier molecular flexibility index (Phi) is 4.91. The Hall–Kier alpha value is -2.66. The van der Waals surface area contributed by atoms with E-state index in [1.165, 1.54) is 0 Å². The lowest BCUT2D eigenvalue weighted by Crippen LogP contribution is -2.12. The van der Waals surface area contributed by atoms with Crippen LogP contribution in [0.4, 0.5) is 5.69 Å². The molecule has 5 heteroatoms. The number of hydrogen-bond acceptors (Lipinski definition) is 4. The number of hydrogen-bond donors (Lipinski definition) is 1. The minimum Gasteiger partial charge on any atom is -0.487 e. The molecule has 1 aromatic heterocycles. The first kappa shape index (κ1) is 16.2. The number of thiazole rings is 1. The zero-order valence-electron chi connectivity index (χ0n) is 13.6. The van der Waals surface area contributed by atoms with Crippen LogP contribution in [-0.4, -0.2) is 10.9 Å². The summed E-state index contributed by atoms with van der Waals surface area (Å²) in [6.45, 7) is 4.37. The molecule has 3 rings (SSSR count). The monoisotopic (exact) mass is 338 g/mol. The predicted molar refractivity (Wildman–Crippen MR) is 96.8 cm³/mol. The lowest BCUT2D eigenvalue weighted by atomic mass is 10.2. The third-order valence-electron chi connectivity index (χ3n) is 3.46. The number of carbonyl (C=O) groups is 1. The first-order valence-electron chi connectivity index (χ1n) is 7.62. The van der Waals surface area contributed by atoms with Crippen molar-refractivity contribution in [2.75, 3.05) is 5.32 Å². The van der Waals surface area contributed by atoms with Gasteiger partial charge in [-0.2, -0.15) is 0 Å². The van der Waals surface area contributed by atoms with Gasteiger partial charge in [-0.05, 0) is 44.2 Å². The molecule has 0 unspecified atom stereocenters. The average molecular weight is 338 g/mol. The molecule has 0 spiro atoms. The molecule has 0 aliphatic heterocycles. The van der Waals surface area contributed by atoms with Crippen LogP contribution in [-0.2, 0) is 6.61 Å². The second-order valence-corrected chi connectivity index (χ2v) is 6.56. The van der Waals surface area contributed by atoms with Gasteiger partial charge in [0.15, 0.2) is 0 Å². The number of aryl methyl sites for hydroxylation is 2. The van der Waals surface area contributed by atoms with Crippen LogP contribution in [0.5, 0.6) is 5.75 Å². The zero-order chi connectivity index (χ0) is 16.9. The van der Waals surface area contributed by atoms with Crippen LogP contribution in [0.3, 0.4) is 0 Å². The molecule has 0 aliphatic carbocycles. The molecule has 122 valence electrons. The van der Waals surface area contributed by atoms with Crippen molar-refractivity contribution >= 4 is 22.9 Å². The molecule has 1 N–H and O–H groups in total. The quantitative estimate of drug-likeness (QED) is 0.740. The molecule has 4 nitrogen and oxygen atoms in total. The SMILES string of the molecule is Cc1ccc(NC(=O)c2cccc(OCc3csc(C)n3)c2)cc1. The van der Waals surface area contributed by atoms with Gasteiger partial charge in [-0.25, -0.2) is 4.98 Å². The summed E-state index contributed by atoms with van der Waals surface area (Å²) in [4.78, 5) is 16.7. The summed E-state index contributed by atoms with van der Waals surface area (Å²) < 4.78 is 5.73. The minimum absolute atomic E-state index is 0.159. The molecule has 0 saturated carbocycles. The van der Waals surface area contributed by atoms with Crippen molar-refractivity contribution in [3.63, 3.8) is 0 Å². The van der Waals surface area contributed by atoms with Crippen LogP contribution in [0.1, 0.15) is 26.6 Å². The molecule has 24 heavy (non-hydrogen) atoms. The Labute approximate surface area is 145 Å². The Morgan fingerprint density at radius 3 is 2.67 bits per heavy atom. The van der Waals surface area contributed by atoms with Crippen molar-refractivity contribution in [2.24, 2.45) is 0 Å². The fourth-order valence-corrected chi connectivity index (χ4v) is 2.80. The second-order valence-electron chi connectivity index (χ2n) is 5.49. The van der Waals surface area contributed by atoms with E-state index in [4.69, 9.17) is 4.74 Å². The maximum atomic E-state index is 12.4. The molecule has 1 amide bonds. The number of carbonyl (C=O) groups excluding carboxylic acids is 1. The van der Waals surface area contributed by atoms with Gasteiger partial charge in [-0.1, -0.05) is 23.8 Å². The summed E-state index contributed by atoms with van der Waals surface area (Å²) in [7, 11) is 0. The largest absolute Gasteiger partial charge is 0.487 e. The molecular weight excluding hydrogens is 320 g/mol. The van der Waals surface area contributed by atoms with Gasteiger partial charge in [0, 0.05) is 16.6 Å². The number of benzene rings is 2. The topological polar surface area (TPSA) is 51.2 Å². The normalized spacial score (nSPS) is 10.4. The van der Waals surface area contributed by atoms with Gasteiger partial charge >= 0.3 is 0 Å². The molecule has 0 atom stereocenters. The summed E-state index contributed by atoms with van der Waals surface area (Å²) in [5.74, 6) is 0.492. The fraction of sp³-hybridized carbons (Fsp3) is 0.158. The number of rotatable bonds is 5. The lowest BCUT2D eigenvalue weighted by molar-refractivity contribution is 0.102. The van der Waals surface area contributed by atoms with E-state index in [2.05, 4.69) is 10.3 Å². The third kappa shape index (κ3) is 4.20. The molecule has 0 saturated heterocycles. The van der Waals surface area contributed by atoms with E-state index in [-0.39, 0.29) is 5.91 Å². The highest BCUT2D eigenvalue weighted by Gasteiger charge is 2.08. The van der Waals surface area contributed by atoms with Gasteiger partial charge in [-0.3, -0.25) is 4.79 Å². The molecule has 3 aromatic rings. The molecule has 2 aromatic carbocycles. The Morgan fingerprint density at radius 1 is 1.17 bits per heavy atom. The highest BCUT2D eigenvalue weighted by Crippen LogP contribution is 2.18. The van der Waals surface area contributed by atoms with E-state index in [9.17, 15) is 4.79 Å². The molecule has 0 radical (unpaired) electrons. The number of aromatic nitrogens is 1. The van der Waals surface area contributed by atoms with Gasteiger partial charge < -0.3 is 10.1 Å². The lowest BCUT2D eigenvalue weighted by Gasteiger charge is -2.08. The predicted octanol–water partition coefficient (Wildman–Crippen LogP) is 4.59. The number of nitrogens with one attached hydrogen (secondary N) is 1. The zero-order valence-corrected chi connectivity index (χ0v) is 14.4. The van der Waals surface area contributed by atoms with Crippen molar-refractivity contribution in [3.8, 4) is 5.75 Å². The Bertz CT molecular complexity index is 841. The van der Waals surface area contributed by atoms with E-state index in [1.54, 1.807) is 23.5 Å².